The van der Waals surface area contributed by atoms with Gasteiger partial charge in [0, 0.05) is 17.8 Å². The fraction of sp³-hybridized carbons (Fsp3) is 0.184. The molecule has 1 N–H and O–H groups in total. The number of allylic oxidation sites excluding steroid dienone is 2. The zero-order chi connectivity index (χ0) is 29.2. The lowest BCUT2D eigenvalue weighted by molar-refractivity contribution is 0.268. The maximum Gasteiger partial charge on any atom is 0.175 e. The van der Waals surface area contributed by atoms with E-state index < -0.39 is 0 Å². The van der Waals surface area contributed by atoms with E-state index in [-0.39, 0.29) is 6.04 Å². The van der Waals surface area contributed by atoms with E-state index in [1.54, 1.807) is 0 Å². The molecule has 2 aliphatic rings. The molecule has 0 fully saturated rings. The Morgan fingerprint density at radius 2 is 1.72 bits per heavy atom. The predicted molar refractivity (Wildman–Crippen MR) is 180 cm³/mol. The van der Waals surface area contributed by atoms with E-state index in [0.29, 0.717) is 36.5 Å². The van der Waals surface area contributed by atoms with Crippen LogP contribution in [0.5, 0.6) is 11.5 Å². The summed E-state index contributed by atoms with van der Waals surface area (Å²) in [6.07, 6.45) is 7.68. The lowest BCUT2D eigenvalue weighted by Gasteiger charge is -2.37. The van der Waals surface area contributed by atoms with Crippen molar-refractivity contribution < 1.29 is 9.47 Å². The van der Waals surface area contributed by atoms with Gasteiger partial charge in [-0.2, -0.15) is 0 Å². The van der Waals surface area contributed by atoms with Gasteiger partial charge in [-0.05, 0) is 98.6 Å². The number of fused-ring (bicyclic) bond motifs is 4. The van der Waals surface area contributed by atoms with Crippen molar-refractivity contribution in [2.24, 2.45) is 10.9 Å². The Balaban J connectivity index is 1.08. The maximum atomic E-state index is 6.33. The number of para-hydroxylation sites is 1. The van der Waals surface area contributed by atoms with Crippen molar-refractivity contribution in [2.45, 2.75) is 31.9 Å². The molecule has 7 rings (SSSR count). The summed E-state index contributed by atoms with van der Waals surface area (Å²) in [7, 11) is 0. The summed E-state index contributed by atoms with van der Waals surface area (Å²) in [5.74, 6) is 2.38. The third-order valence-corrected chi connectivity index (χ3v) is 9.06. The number of anilines is 1. The Bertz CT molecular complexity index is 1820. The number of nitrogens with one attached hydrogen (secondary N) is 1. The second-order valence-electron chi connectivity index (χ2n) is 11.1. The quantitative estimate of drug-likeness (QED) is 0.137. The molecular formula is C38H33BrN2O2. The van der Waals surface area contributed by atoms with Gasteiger partial charge in [-0.15, -0.1) is 0 Å². The Labute approximate surface area is 261 Å². The van der Waals surface area contributed by atoms with Gasteiger partial charge in [0.05, 0.1) is 22.8 Å². The molecule has 1 aliphatic carbocycles. The van der Waals surface area contributed by atoms with Crippen LogP contribution in [0, 0.1) is 5.92 Å². The summed E-state index contributed by atoms with van der Waals surface area (Å²) >= 11 is 3.73. The smallest absolute Gasteiger partial charge is 0.175 e. The Hall–Kier alpha value is -4.35. The van der Waals surface area contributed by atoms with Crippen LogP contribution < -0.4 is 14.8 Å². The Morgan fingerprint density at radius 1 is 0.907 bits per heavy atom. The van der Waals surface area contributed by atoms with E-state index in [9.17, 15) is 0 Å². The van der Waals surface area contributed by atoms with Gasteiger partial charge in [-0.1, -0.05) is 84.9 Å². The van der Waals surface area contributed by atoms with E-state index in [1.165, 1.54) is 27.6 Å². The largest absolute Gasteiger partial charge is 0.490 e. The molecule has 0 unspecified atom stereocenters. The number of halogens is 1. The normalized spacial score (nSPS) is 18.8. The van der Waals surface area contributed by atoms with Gasteiger partial charge in [0.15, 0.2) is 11.5 Å². The number of rotatable bonds is 8. The average Bonchev–Trinajstić information content (AvgIpc) is 3.54. The first-order chi connectivity index (χ1) is 21.2. The van der Waals surface area contributed by atoms with Crippen molar-refractivity contribution in [1.29, 1.82) is 0 Å². The molecule has 0 aromatic heterocycles. The molecule has 0 bridgehead atoms. The standard InChI is InChI=1S/C38H33BrN2O2/c1-2-42-36-22-25(21-34(39)38(36)43-24-28-11-7-10-26-9-3-4-12-30(26)28)23-40-29-19-17-27(18-20-29)37-33-15-8-14-31(33)32-13-5-6-16-35(32)41-37/h3-14,16-23,31,33,37,41H,2,15,24H2,1H3/t31-,33+,37+/m1/s1. The topological polar surface area (TPSA) is 42.8 Å². The molecule has 4 nitrogen and oxygen atoms in total. The number of hydrogen-bond acceptors (Lipinski definition) is 4. The summed E-state index contributed by atoms with van der Waals surface area (Å²) in [5.41, 5.74) is 6.91. The van der Waals surface area contributed by atoms with Crippen LogP contribution in [0.1, 0.15) is 47.6 Å². The molecule has 0 saturated carbocycles. The Kier molecular flexibility index (Phi) is 7.73. The summed E-state index contributed by atoms with van der Waals surface area (Å²) in [4.78, 5) is 4.79. The third kappa shape index (κ3) is 5.57. The Morgan fingerprint density at radius 3 is 2.60 bits per heavy atom. The first kappa shape index (κ1) is 27.5. The van der Waals surface area contributed by atoms with Crippen LogP contribution in [0.4, 0.5) is 11.4 Å². The van der Waals surface area contributed by atoms with E-state index in [2.05, 4.69) is 124 Å². The minimum atomic E-state index is 0.277. The molecule has 0 spiro atoms. The summed E-state index contributed by atoms with van der Waals surface area (Å²) in [5, 5.41) is 6.21. The van der Waals surface area contributed by atoms with Crippen molar-refractivity contribution in [2.75, 3.05) is 11.9 Å². The summed E-state index contributed by atoms with van der Waals surface area (Å²) < 4.78 is 13.2. The molecule has 5 heteroatoms. The monoisotopic (exact) mass is 628 g/mol. The zero-order valence-electron chi connectivity index (χ0n) is 24.0. The molecule has 0 saturated heterocycles. The molecule has 0 amide bonds. The summed E-state index contributed by atoms with van der Waals surface area (Å²) in [6, 6.07) is 36.3. The highest BCUT2D eigenvalue weighted by Gasteiger charge is 2.37. The van der Waals surface area contributed by atoms with Gasteiger partial charge >= 0.3 is 0 Å². The number of ether oxygens (including phenoxy) is 2. The minimum Gasteiger partial charge on any atom is -0.490 e. The predicted octanol–water partition coefficient (Wildman–Crippen LogP) is 10.2. The van der Waals surface area contributed by atoms with E-state index in [1.807, 2.05) is 25.3 Å². The van der Waals surface area contributed by atoms with Crippen LogP contribution in [0.15, 0.2) is 125 Å². The van der Waals surface area contributed by atoms with Crippen molar-refractivity contribution in [3.63, 3.8) is 0 Å². The van der Waals surface area contributed by atoms with Crippen LogP contribution in [0.3, 0.4) is 0 Å². The van der Waals surface area contributed by atoms with Crippen LogP contribution in [-0.2, 0) is 6.61 Å². The van der Waals surface area contributed by atoms with Crippen LogP contribution in [-0.4, -0.2) is 12.8 Å². The second-order valence-corrected chi connectivity index (χ2v) is 12.0. The van der Waals surface area contributed by atoms with E-state index in [0.717, 1.165) is 27.7 Å². The lowest BCUT2D eigenvalue weighted by atomic mass is 9.77. The number of nitrogens with zero attached hydrogens (tertiary/aromatic N) is 1. The molecule has 5 aromatic rings. The second kappa shape index (κ2) is 12.1. The summed E-state index contributed by atoms with van der Waals surface area (Å²) in [6.45, 7) is 2.96. The maximum absolute atomic E-state index is 6.33. The van der Waals surface area contributed by atoms with Crippen molar-refractivity contribution in [3.8, 4) is 11.5 Å². The molecule has 1 aliphatic heterocycles. The first-order valence-electron chi connectivity index (χ1n) is 14.9. The number of hydrogen-bond donors (Lipinski definition) is 1. The highest BCUT2D eigenvalue weighted by molar-refractivity contribution is 9.10. The fourth-order valence-electron chi connectivity index (χ4n) is 6.42. The van der Waals surface area contributed by atoms with Gasteiger partial charge in [-0.25, -0.2) is 0 Å². The lowest BCUT2D eigenvalue weighted by Crippen LogP contribution is -2.28. The third-order valence-electron chi connectivity index (χ3n) is 8.47. The van der Waals surface area contributed by atoms with Crippen LogP contribution in [0.2, 0.25) is 0 Å². The van der Waals surface area contributed by atoms with Crippen LogP contribution in [0.25, 0.3) is 10.8 Å². The molecule has 3 atom stereocenters. The molecule has 1 heterocycles. The number of benzene rings is 5. The SMILES string of the molecule is CCOc1cc(C=Nc2ccc([C@@H]3Nc4ccccc4[C@H]4C=CC[C@@H]43)cc2)cc(Br)c1OCc1cccc2ccccc12. The highest BCUT2D eigenvalue weighted by Crippen LogP contribution is 2.49. The average molecular weight is 630 g/mol. The molecule has 0 radical (unpaired) electrons. The molecule has 214 valence electrons. The van der Waals surface area contributed by atoms with Gasteiger partial charge in [-0.3, -0.25) is 4.99 Å². The van der Waals surface area contributed by atoms with Crippen molar-refractivity contribution in [3.05, 3.63) is 142 Å². The van der Waals surface area contributed by atoms with Gasteiger partial charge in [0.2, 0.25) is 0 Å². The van der Waals surface area contributed by atoms with Gasteiger partial charge < -0.3 is 14.8 Å². The minimum absolute atomic E-state index is 0.277. The van der Waals surface area contributed by atoms with Crippen LogP contribution >= 0.6 is 15.9 Å². The molecule has 5 aromatic carbocycles. The number of aliphatic imine (C=N–C) groups is 1. The highest BCUT2D eigenvalue weighted by atomic mass is 79.9. The first-order valence-corrected chi connectivity index (χ1v) is 15.7. The van der Waals surface area contributed by atoms with Crippen molar-refractivity contribution in [1.82, 2.24) is 0 Å². The van der Waals surface area contributed by atoms with E-state index in [4.69, 9.17) is 14.5 Å². The van der Waals surface area contributed by atoms with Gasteiger partial charge in [0.1, 0.15) is 6.61 Å². The molecular weight excluding hydrogens is 596 g/mol. The van der Waals surface area contributed by atoms with E-state index >= 15 is 0 Å². The van der Waals surface area contributed by atoms with Gasteiger partial charge in [0.25, 0.3) is 0 Å². The van der Waals surface area contributed by atoms with Crippen molar-refractivity contribution >= 4 is 44.3 Å². The molecule has 43 heavy (non-hydrogen) atoms. The zero-order valence-corrected chi connectivity index (χ0v) is 25.6. The fourth-order valence-corrected chi connectivity index (χ4v) is 7.00.